The summed E-state index contributed by atoms with van der Waals surface area (Å²) in [7, 11) is 0. The lowest BCUT2D eigenvalue weighted by molar-refractivity contribution is 0.592. The highest BCUT2D eigenvalue weighted by molar-refractivity contribution is 7.18. The van der Waals surface area contributed by atoms with Gasteiger partial charge in [-0.05, 0) is 18.4 Å². The van der Waals surface area contributed by atoms with Crippen molar-refractivity contribution in [2.24, 2.45) is 5.92 Å². The molecule has 0 aliphatic carbocycles. The first-order valence-corrected chi connectivity index (χ1v) is 7.23. The lowest BCUT2D eigenvalue weighted by Gasteiger charge is -2.12. The Morgan fingerprint density at radius 3 is 2.76 bits per heavy atom. The Labute approximate surface area is 111 Å². The van der Waals surface area contributed by atoms with Gasteiger partial charge in [-0.15, -0.1) is 22.9 Å². The molecule has 0 saturated heterocycles. The van der Waals surface area contributed by atoms with Crippen LogP contribution < -0.4 is 0 Å². The van der Waals surface area contributed by atoms with Gasteiger partial charge in [-0.25, -0.2) is 9.97 Å². The van der Waals surface area contributed by atoms with Crippen molar-refractivity contribution in [1.29, 1.82) is 0 Å². The number of aryl methyl sites for hydroxylation is 1. The van der Waals surface area contributed by atoms with Crippen molar-refractivity contribution in [3.63, 3.8) is 0 Å². The first-order valence-electron chi connectivity index (χ1n) is 5.98. The van der Waals surface area contributed by atoms with Crippen LogP contribution in [0, 0.1) is 5.92 Å². The molecule has 0 aliphatic heterocycles. The summed E-state index contributed by atoms with van der Waals surface area (Å²) in [5.41, 5.74) is 1.08. The third-order valence-electron chi connectivity index (χ3n) is 2.92. The summed E-state index contributed by atoms with van der Waals surface area (Å²) in [6.07, 6.45) is 3.52. The number of halogens is 1. The molecule has 2 rings (SSSR count). The van der Waals surface area contributed by atoms with Gasteiger partial charge in [0.2, 0.25) is 0 Å². The van der Waals surface area contributed by atoms with Crippen molar-refractivity contribution in [1.82, 2.24) is 9.97 Å². The molecule has 2 aromatic rings. The number of nitrogens with zero attached hydrogens (tertiary/aromatic N) is 2. The molecule has 0 spiro atoms. The normalized spacial score (nSPS) is 13.5. The lowest BCUT2D eigenvalue weighted by atomic mass is 10.0. The van der Waals surface area contributed by atoms with E-state index in [4.69, 9.17) is 11.6 Å². The van der Waals surface area contributed by atoms with E-state index in [1.54, 1.807) is 17.7 Å². The number of hydrogen-bond donors (Lipinski definition) is 0. The van der Waals surface area contributed by atoms with Gasteiger partial charge in [-0.1, -0.05) is 20.8 Å². The third-order valence-corrected chi connectivity index (χ3v) is 4.77. The van der Waals surface area contributed by atoms with Crippen LogP contribution in [-0.4, -0.2) is 15.3 Å². The van der Waals surface area contributed by atoms with Crippen molar-refractivity contribution in [3.05, 3.63) is 23.0 Å². The van der Waals surface area contributed by atoms with Gasteiger partial charge in [0, 0.05) is 22.1 Å². The van der Waals surface area contributed by atoms with Crippen LogP contribution in [0.15, 0.2) is 12.4 Å². The third kappa shape index (κ3) is 2.78. The van der Waals surface area contributed by atoms with Crippen LogP contribution >= 0.6 is 22.9 Å². The molecule has 4 heteroatoms. The summed E-state index contributed by atoms with van der Waals surface area (Å²) in [6, 6.07) is 2.21. The van der Waals surface area contributed by atoms with Gasteiger partial charge in [0.1, 0.15) is 11.2 Å². The molecule has 0 fully saturated rings. The molecule has 2 heterocycles. The maximum absolute atomic E-state index is 6.33. The molecule has 0 aromatic carbocycles. The van der Waals surface area contributed by atoms with Gasteiger partial charge < -0.3 is 0 Å². The predicted octanol–water partition coefficient (Wildman–Crippen LogP) is 4.06. The average Bonchev–Trinajstić information content (AvgIpc) is 2.72. The Hall–Kier alpha value is -0.670. The SMILES string of the molecule is CCc1cc2c(CC(Cl)C(C)C)ncnc2s1. The van der Waals surface area contributed by atoms with Gasteiger partial charge in [0.15, 0.2) is 0 Å². The Balaban J connectivity index is 2.36. The fourth-order valence-electron chi connectivity index (χ4n) is 1.71. The maximum atomic E-state index is 6.33. The van der Waals surface area contributed by atoms with E-state index < -0.39 is 0 Å². The van der Waals surface area contributed by atoms with Gasteiger partial charge in [-0.2, -0.15) is 0 Å². The summed E-state index contributed by atoms with van der Waals surface area (Å²) in [4.78, 5) is 11.2. The molecule has 0 N–H and O–H groups in total. The van der Waals surface area contributed by atoms with E-state index in [2.05, 4.69) is 36.8 Å². The minimum atomic E-state index is 0.137. The first-order chi connectivity index (χ1) is 8.11. The number of rotatable bonds is 4. The average molecular weight is 269 g/mol. The number of fused-ring (bicyclic) bond motifs is 1. The van der Waals surface area contributed by atoms with Crippen LogP contribution in [0.3, 0.4) is 0 Å². The van der Waals surface area contributed by atoms with E-state index in [1.165, 1.54) is 10.3 Å². The zero-order valence-electron chi connectivity index (χ0n) is 10.4. The second-order valence-electron chi connectivity index (χ2n) is 4.57. The highest BCUT2D eigenvalue weighted by Crippen LogP contribution is 2.27. The Bertz CT molecular complexity index is 507. The largest absolute Gasteiger partial charge is 0.241 e. The van der Waals surface area contributed by atoms with Crippen LogP contribution in [0.4, 0.5) is 0 Å². The van der Waals surface area contributed by atoms with Crippen molar-refractivity contribution < 1.29 is 0 Å². The van der Waals surface area contributed by atoms with Crippen molar-refractivity contribution in [2.75, 3.05) is 0 Å². The van der Waals surface area contributed by atoms with Crippen LogP contribution in [0.5, 0.6) is 0 Å². The lowest BCUT2D eigenvalue weighted by Crippen LogP contribution is -2.12. The van der Waals surface area contributed by atoms with Crippen molar-refractivity contribution in [3.8, 4) is 0 Å². The van der Waals surface area contributed by atoms with Crippen molar-refractivity contribution >= 4 is 33.2 Å². The molecule has 1 unspecified atom stereocenters. The maximum Gasteiger partial charge on any atom is 0.127 e. The predicted molar refractivity (Wildman–Crippen MR) is 75.0 cm³/mol. The number of thiophene rings is 1. The Morgan fingerprint density at radius 2 is 2.12 bits per heavy atom. The summed E-state index contributed by atoms with van der Waals surface area (Å²) < 4.78 is 0. The standard InChI is InChI=1S/C13H17ClN2S/c1-4-9-5-10-12(6-11(14)8(2)3)15-7-16-13(10)17-9/h5,7-8,11H,4,6H2,1-3H3. The fourth-order valence-corrected chi connectivity index (χ4v) is 2.81. The summed E-state index contributed by atoms with van der Waals surface area (Å²) >= 11 is 8.09. The monoisotopic (exact) mass is 268 g/mol. The van der Waals surface area contributed by atoms with E-state index in [9.17, 15) is 0 Å². The van der Waals surface area contributed by atoms with Crippen LogP contribution in [0.1, 0.15) is 31.3 Å². The summed E-state index contributed by atoms with van der Waals surface area (Å²) in [6.45, 7) is 6.44. The highest BCUT2D eigenvalue weighted by atomic mass is 35.5. The minimum Gasteiger partial charge on any atom is -0.241 e. The Morgan fingerprint density at radius 1 is 1.35 bits per heavy atom. The van der Waals surface area contributed by atoms with Crippen molar-refractivity contribution in [2.45, 2.75) is 39.0 Å². The zero-order valence-corrected chi connectivity index (χ0v) is 12.0. The quantitative estimate of drug-likeness (QED) is 0.782. The highest BCUT2D eigenvalue weighted by Gasteiger charge is 2.15. The van der Waals surface area contributed by atoms with E-state index in [1.807, 2.05) is 0 Å². The number of alkyl halides is 1. The molecular formula is C13H17ClN2S. The zero-order chi connectivity index (χ0) is 12.4. The summed E-state index contributed by atoms with van der Waals surface area (Å²) in [5.74, 6) is 0.464. The summed E-state index contributed by atoms with van der Waals surface area (Å²) in [5, 5.41) is 1.32. The number of hydrogen-bond acceptors (Lipinski definition) is 3. The van der Waals surface area contributed by atoms with Gasteiger partial charge in [0.25, 0.3) is 0 Å². The van der Waals surface area contributed by atoms with Crippen LogP contribution in [0.2, 0.25) is 0 Å². The smallest absolute Gasteiger partial charge is 0.127 e. The fraction of sp³-hybridized carbons (Fsp3) is 0.538. The van der Waals surface area contributed by atoms with Gasteiger partial charge >= 0.3 is 0 Å². The van der Waals surface area contributed by atoms with E-state index in [0.29, 0.717) is 5.92 Å². The molecule has 17 heavy (non-hydrogen) atoms. The molecule has 0 saturated carbocycles. The Kier molecular flexibility index (Phi) is 4.00. The molecule has 0 amide bonds. The number of aromatic nitrogens is 2. The molecule has 0 radical (unpaired) electrons. The minimum absolute atomic E-state index is 0.137. The molecular weight excluding hydrogens is 252 g/mol. The second-order valence-corrected chi connectivity index (χ2v) is 6.25. The van der Waals surface area contributed by atoms with Gasteiger partial charge in [-0.3, -0.25) is 0 Å². The molecule has 0 bridgehead atoms. The van der Waals surface area contributed by atoms with E-state index in [0.717, 1.165) is 23.4 Å². The molecule has 0 aliphatic rings. The molecule has 92 valence electrons. The molecule has 2 aromatic heterocycles. The van der Waals surface area contributed by atoms with E-state index >= 15 is 0 Å². The van der Waals surface area contributed by atoms with Crippen LogP contribution in [0.25, 0.3) is 10.2 Å². The second kappa shape index (κ2) is 5.32. The van der Waals surface area contributed by atoms with Crippen LogP contribution in [-0.2, 0) is 12.8 Å². The topological polar surface area (TPSA) is 25.8 Å². The first kappa shape index (κ1) is 12.8. The van der Waals surface area contributed by atoms with Gasteiger partial charge in [0.05, 0.1) is 5.69 Å². The molecule has 2 nitrogen and oxygen atoms in total. The van der Waals surface area contributed by atoms with E-state index in [-0.39, 0.29) is 5.38 Å². The molecule has 1 atom stereocenters.